The number of nitrogens with one attached hydrogen (secondary N) is 2. The number of carbonyl (C=O) groups is 3. The van der Waals surface area contributed by atoms with Crippen molar-refractivity contribution in [2.75, 3.05) is 37.0 Å². The van der Waals surface area contributed by atoms with Gasteiger partial charge in [-0.2, -0.15) is 0 Å². The first kappa shape index (κ1) is 38.7. The maximum atomic E-state index is 14.8. The fourth-order valence-corrected chi connectivity index (χ4v) is 8.59. The summed E-state index contributed by atoms with van der Waals surface area (Å²) in [6.45, 7) is 2.32. The molecule has 0 radical (unpaired) electrons. The first-order chi connectivity index (χ1) is 25.3. The second kappa shape index (κ2) is 16.9. The van der Waals surface area contributed by atoms with E-state index in [4.69, 9.17) is 41.8 Å². The third-order valence-corrected chi connectivity index (χ3v) is 11.4. The van der Waals surface area contributed by atoms with Crippen LogP contribution in [0.1, 0.15) is 39.6 Å². The molecule has 15 heteroatoms. The second-order valence-corrected chi connectivity index (χ2v) is 15.3. The van der Waals surface area contributed by atoms with Crippen LogP contribution in [0.2, 0.25) is 0 Å². The van der Waals surface area contributed by atoms with Crippen molar-refractivity contribution < 1.29 is 41.9 Å². The molecule has 5 rings (SSSR count). The quantitative estimate of drug-likeness (QED) is 0.0434. The van der Waals surface area contributed by atoms with Crippen LogP contribution < -0.4 is 28.6 Å². The van der Waals surface area contributed by atoms with Gasteiger partial charge in [-0.25, -0.2) is 18.2 Å². The summed E-state index contributed by atoms with van der Waals surface area (Å²) in [4.78, 5) is 39.4. The number of benzene rings is 4. The molecule has 4 aromatic carbocycles. The van der Waals surface area contributed by atoms with Gasteiger partial charge in [0.25, 0.3) is 5.91 Å². The van der Waals surface area contributed by atoms with E-state index in [2.05, 4.69) is 11.2 Å². The average Bonchev–Trinajstić information content (AvgIpc) is 3.56. The summed E-state index contributed by atoms with van der Waals surface area (Å²) < 4.78 is 59.9. The van der Waals surface area contributed by atoms with E-state index < -0.39 is 32.3 Å². The van der Waals surface area contributed by atoms with Gasteiger partial charge in [0.15, 0.2) is 27.2 Å². The van der Waals surface area contributed by atoms with E-state index in [1.807, 2.05) is 6.92 Å². The normalized spacial score (nSPS) is 14.8. The second-order valence-electron chi connectivity index (χ2n) is 11.2. The van der Waals surface area contributed by atoms with Crippen LogP contribution in [0.25, 0.3) is 0 Å². The predicted molar refractivity (Wildman–Crippen MR) is 203 cm³/mol. The number of carbonyl (C=O) groups excluding carboxylic acids is 3. The molecule has 0 fully saturated rings. The van der Waals surface area contributed by atoms with E-state index in [1.54, 1.807) is 42.5 Å². The van der Waals surface area contributed by atoms with Gasteiger partial charge >= 0.3 is 5.97 Å². The number of allylic oxidation sites excluding steroid dienone is 1. The van der Waals surface area contributed by atoms with E-state index in [9.17, 15) is 23.0 Å². The number of terminal acetylenes is 1. The number of thioether (sulfide) groups is 1. The van der Waals surface area contributed by atoms with Crippen LogP contribution >= 0.6 is 23.4 Å². The highest BCUT2D eigenvalue weighted by Crippen LogP contribution is 2.45. The zero-order valence-corrected chi connectivity index (χ0v) is 31.0. The predicted octanol–water partition coefficient (Wildman–Crippen LogP) is 7.65. The molecule has 274 valence electrons. The minimum absolute atomic E-state index is 0.0144. The van der Waals surface area contributed by atoms with Crippen molar-refractivity contribution in [1.29, 1.82) is 4.78 Å². The van der Waals surface area contributed by atoms with E-state index in [0.29, 0.717) is 40.7 Å². The molecule has 0 aliphatic carbocycles. The molecule has 1 aliphatic heterocycles. The lowest BCUT2D eigenvalue weighted by Gasteiger charge is -2.24. The minimum atomic E-state index is -3.78. The Morgan fingerprint density at radius 2 is 1.64 bits per heavy atom. The van der Waals surface area contributed by atoms with Gasteiger partial charge in [-0.3, -0.25) is 13.9 Å². The highest BCUT2D eigenvalue weighted by Gasteiger charge is 2.36. The number of rotatable bonds is 14. The van der Waals surface area contributed by atoms with Gasteiger partial charge in [0, 0.05) is 36.3 Å². The Hall–Kier alpha value is -5.49. The van der Waals surface area contributed by atoms with E-state index in [0.717, 1.165) is 23.9 Å². The van der Waals surface area contributed by atoms with Crippen molar-refractivity contribution in [3.05, 3.63) is 117 Å². The number of ether oxygens (including phenoxy) is 4. The third kappa shape index (κ3) is 9.12. The van der Waals surface area contributed by atoms with Gasteiger partial charge in [-0.1, -0.05) is 17.7 Å². The Balaban J connectivity index is 1.29. The Kier molecular flexibility index (Phi) is 12.3. The summed E-state index contributed by atoms with van der Waals surface area (Å²) in [5.41, 5.74) is 0.794. The minimum Gasteiger partial charge on any atom is -0.493 e. The zero-order chi connectivity index (χ0) is 38.3. The van der Waals surface area contributed by atoms with Crippen LogP contribution in [-0.4, -0.2) is 53.9 Å². The van der Waals surface area contributed by atoms with E-state index in [-0.39, 0.29) is 45.6 Å². The van der Waals surface area contributed by atoms with Crippen LogP contribution in [0.3, 0.4) is 0 Å². The lowest BCUT2D eigenvalue weighted by Crippen LogP contribution is -2.28. The van der Waals surface area contributed by atoms with Crippen molar-refractivity contribution in [1.82, 2.24) is 0 Å². The number of ketones is 1. The molecular formula is C38H33ClFN3O8S2. The Morgan fingerprint density at radius 1 is 0.981 bits per heavy atom. The SMILES string of the molecule is C#CCOc1ccc(C(=O)c2ccc(OC(=O)c3cc(F)cc(NC(=O)C4=C(S(=N)(=O)N(C)c5ccc(OCC)c(OC)c5)CC(Cl)S4)c3)cc2)cc1. The molecule has 1 heterocycles. The number of esters is 1. The molecule has 1 amide bonds. The molecule has 2 unspecified atom stereocenters. The van der Waals surface area contributed by atoms with E-state index in [1.165, 1.54) is 48.8 Å². The van der Waals surface area contributed by atoms with Crippen LogP contribution in [0.15, 0.2) is 94.7 Å². The molecule has 53 heavy (non-hydrogen) atoms. The lowest BCUT2D eigenvalue weighted by molar-refractivity contribution is -0.112. The van der Waals surface area contributed by atoms with Crippen molar-refractivity contribution >= 4 is 62.3 Å². The fourth-order valence-electron chi connectivity index (χ4n) is 5.14. The number of halogens is 2. The number of hydrogen-bond acceptors (Lipinski definition) is 10. The molecule has 11 nitrogen and oxygen atoms in total. The molecule has 1 aliphatic rings. The maximum Gasteiger partial charge on any atom is 0.343 e. The molecular weight excluding hydrogens is 745 g/mol. The number of alkyl halides is 1. The Bertz CT molecular complexity index is 2220. The molecule has 2 atom stereocenters. The smallest absolute Gasteiger partial charge is 0.343 e. The highest BCUT2D eigenvalue weighted by molar-refractivity contribution is 8.07. The Morgan fingerprint density at radius 3 is 2.26 bits per heavy atom. The van der Waals surface area contributed by atoms with Crippen molar-refractivity contribution in [3.8, 4) is 35.3 Å². The van der Waals surface area contributed by atoms with Crippen molar-refractivity contribution in [3.63, 3.8) is 0 Å². The summed E-state index contributed by atoms with van der Waals surface area (Å²) in [6, 6.07) is 20.2. The first-order valence-corrected chi connectivity index (χ1v) is 18.7. The first-order valence-electron chi connectivity index (χ1n) is 15.9. The molecule has 0 saturated heterocycles. The molecule has 0 spiro atoms. The van der Waals surface area contributed by atoms with Crippen LogP contribution in [0, 0.1) is 22.9 Å². The number of hydrogen-bond donors (Lipinski definition) is 2. The summed E-state index contributed by atoms with van der Waals surface area (Å²) >= 11 is 7.30. The van der Waals surface area contributed by atoms with Gasteiger partial charge in [-0.05, 0) is 85.8 Å². The topological polar surface area (TPSA) is 144 Å². The largest absolute Gasteiger partial charge is 0.493 e. The molecule has 4 aromatic rings. The van der Waals surface area contributed by atoms with Crippen LogP contribution in [0.4, 0.5) is 15.8 Å². The lowest BCUT2D eigenvalue weighted by atomic mass is 10.0. The monoisotopic (exact) mass is 777 g/mol. The highest BCUT2D eigenvalue weighted by atomic mass is 35.5. The van der Waals surface area contributed by atoms with Gasteiger partial charge in [-0.15, -0.1) is 18.0 Å². The number of anilines is 2. The van der Waals surface area contributed by atoms with Crippen molar-refractivity contribution in [2.45, 2.75) is 18.1 Å². The number of amides is 1. The van der Waals surface area contributed by atoms with Crippen LogP contribution in [-0.2, 0) is 14.7 Å². The maximum absolute atomic E-state index is 14.8. The van der Waals surface area contributed by atoms with Gasteiger partial charge in [0.05, 0.1) is 39.5 Å². The fraction of sp³-hybridized carbons (Fsp3) is 0.184. The van der Waals surface area contributed by atoms with Gasteiger partial charge < -0.3 is 24.3 Å². The molecule has 0 aromatic heterocycles. The summed E-state index contributed by atoms with van der Waals surface area (Å²) in [7, 11) is -0.878. The molecule has 0 saturated carbocycles. The molecule has 2 N–H and O–H groups in total. The number of nitrogens with zero attached hydrogens (tertiary/aromatic N) is 1. The summed E-state index contributed by atoms with van der Waals surface area (Å²) in [6.07, 6.45) is 5.16. The number of methoxy groups -OCH3 is 1. The molecule has 0 bridgehead atoms. The third-order valence-electron chi connectivity index (χ3n) is 7.74. The Labute approximate surface area is 315 Å². The zero-order valence-electron chi connectivity index (χ0n) is 28.6. The van der Waals surface area contributed by atoms with Crippen LogP contribution in [0.5, 0.6) is 23.0 Å². The van der Waals surface area contributed by atoms with E-state index >= 15 is 0 Å². The summed E-state index contributed by atoms with van der Waals surface area (Å²) in [5, 5.41) is 2.53. The van der Waals surface area contributed by atoms with Crippen molar-refractivity contribution in [2.24, 2.45) is 0 Å². The summed E-state index contributed by atoms with van der Waals surface area (Å²) in [5.74, 6) is 0.971. The van der Waals surface area contributed by atoms with Gasteiger partial charge in [0.1, 0.15) is 23.9 Å². The average molecular weight is 778 g/mol. The van der Waals surface area contributed by atoms with Gasteiger partial charge in [0.2, 0.25) is 0 Å². The standard InChI is InChI=1S/C38H33ClFN3O8S2/c1-5-17-50-29-12-7-23(8-13-29)35(44)24-9-14-30(15-10-24)51-38(46)25-18-26(40)20-27(19-25)42-37(45)36-33(22-34(39)52-36)53(41,47)43(3)28-11-16-31(49-6-2)32(21-28)48-4/h1,7-16,18-21,34,41H,6,17,22H2,2-4H3,(H,42,45).